The van der Waals surface area contributed by atoms with Gasteiger partial charge in [0.1, 0.15) is 12.3 Å². The van der Waals surface area contributed by atoms with Crippen molar-refractivity contribution in [3.63, 3.8) is 0 Å². The number of nitrogens with one attached hydrogen (secondary N) is 1. The molecule has 3 nitrogen and oxygen atoms in total. The highest BCUT2D eigenvalue weighted by atomic mass is 19.1. The van der Waals surface area contributed by atoms with E-state index in [1.807, 2.05) is 0 Å². The Morgan fingerprint density at radius 2 is 2.40 bits per heavy atom. The number of hydrogen-bond donors (Lipinski definition) is 1. The fourth-order valence-corrected chi connectivity index (χ4v) is 0.547. The Labute approximate surface area is 58.5 Å². The minimum atomic E-state index is -1.20. The topological polar surface area (TPSA) is 38.3 Å². The number of hydrogen-bond acceptors (Lipinski definition) is 2. The van der Waals surface area contributed by atoms with Gasteiger partial charge >= 0.3 is 6.09 Å². The quantitative estimate of drug-likeness (QED) is 0.628. The molecule has 0 radical (unpaired) electrons. The molecule has 0 atom stereocenters. The minimum Gasteiger partial charge on any atom is -0.446 e. The molecule has 0 aromatic rings. The van der Waals surface area contributed by atoms with Crippen LogP contribution in [-0.4, -0.2) is 25.4 Å². The van der Waals surface area contributed by atoms with Crippen LogP contribution in [0.15, 0.2) is 0 Å². The van der Waals surface area contributed by atoms with E-state index in [-0.39, 0.29) is 6.61 Å². The lowest BCUT2D eigenvalue weighted by Crippen LogP contribution is -2.23. The van der Waals surface area contributed by atoms with E-state index in [9.17, 15) is 9.18 Å². The first-order valence-corrected chi connectivity index (χ1v) is 3.20. The molecule has 10 heavy (non-hydrogen) atoms. The summed E-state index contributed by atoms with van der Waals surface area (Å²) in [5.74, 6) is 0. The molecule has 1 amide bonds. The van der Waals surface area contributed by atoms with Gasteiger partial charge in [0.2, 0.25) is 0 Å². The fourth-order valence-electron chi connectivity index (χ4n) is 0.547. The van der Waals surface area contributed by atoms with Crippen molar-refractivity contribution in [3.05, 3.63) is 0 Å². The van der Waals surface area contributed by atoms with Crippen LogP contribution in [0.2, 0.25) is 0 Å². The largest absolute Gasteiger partial charge is 0.446 e. The number of carbonyl (C=O) groups excluding carboxylic acids is 1. The van der Waals surface area contributed by atoms with Gasteiger partial charge in [-0.2, -0.15) is 0 Å². The molecule has 0 saturated heterocycles. The van der Waals surface area contributed by atoms with Gasteiger partial charge in [-0.25, -0.2) is 9.18 Å². The molecule has 0 aromatic carbocycles. The fraction of sp³-hybridized carbons (Fsp3) is 0.833. The number of carbonyl (C=O) groups is 1. The molecule has 0 spiro atoms. The Bertz CT molecular complexity index is 145. The average molecular weight is 147 g/mol. The first kappa shape index (κ1) is 7.31. The summed E-state index contributed by atoms with van der Waals surface area (Å²) in [6, 6.07) is 0. The first-order valence-electron chi connectivity index (χ1n) is 3.20. The third kappa shape index (κ3) is 1.86. The third-order valence-corrected chi connectivity index (χ3v) is 1.46. The van der Waals surface area contributed by atoms with E-state index in [2.05, 4.69) is 10.1 Å². The van der Waals surface area contributed by atoms with Gasteiger partial charge in [-0.3, -0.25) is 0 Å². The van der Waals surface area contributed by atoms with Crippen LogP contribution in [-0.2, 0) is 4.74 Å². The maximum Gasteiger partial charge on any atom is 0.406 e. The zero-order chi connectivity index (χ0) is 7.61. The highest BCUT2D eigenvalue weighted by molar-refractivity contribution is 5.66. The van der Waals surface area contributed by atoms with Crippen LogP contribution in [0.3, 0.4) is 0 Å². The number of halogens is 1. The van der Waals surface area contributed by atoms with Crippen LogP contribution in [0.25, 0.3) is 0 Å². The van der Waals surface area contributed by atoms with Crippen molar-refractivity contribution in [1.29, 1.82) is 0 Å². The van der Waals surface area contributed by atoms with Gasteiger partial charge in [0.05, 0.1) is 0 Å². The minimum absolute atomic E-state index is 0.104. The standard InChI is InChI=1S/C6H10FNO2/c1-8-5(9)10-4-6(7)2-3-6/h2-4H2,1H3,(H,8,9). The summed E-state index contributed by atoms with van der Waals surface area (Å²) in [5, 5.41) is 2.24. The highest BCUT2D eigenvalue weighted by Crippen LogP contribution is 2.39. The number of amides is 1. The first-order chi connectivity index (χ1) is 4.66. The van der Waals surface area contributed by atoms with Crippen LogP contribution in [0.5, 0.6) is 0 Å². The van der Waals surface area contributed by atoms with Crippen LogP contribution in [0, 0.1) is 0 Å². The summed E-state index contributed by atoms with van der Waals surface area (Å²) < 4.78 is 17.2. The summed E-state index contributed by atoms with van der Waals surface area (Å²) in [6.07, 6.45) is 0.470. The van der Waals surface area contributed by atoms with Crippen molar-refractivity contribution >= 4 is 6.09 Å². The molecule has 0 aromatic heterocycles. The average Bonchev–Trinajstić information content (AvgIpc) is 2.64. The van der Waals surface area contributed by atoms with E-state index in [1.165, 1.54) is 7.05 Å². The van der Waals surface area contributed by atoms with Crippen LogP contribution >= 0.6 is 0 Å². The molecule has 1 saturated carbocycles. The van der Waals surface area contributed by atoms with Gasteiger partial charge in [0, 0.05) is 7.05 Å². The predicted octanol–water partition coefficient (Wildman–Crippen LogP) is 0.845. The smallest absolute Gasteiger partial charge is 0.406 e. The molecule has 0 bridgehead atoms. The number of alkyl carbamates (subject to hydrolysis) is 1. The van der Waals surface area contributed by atoms with Gasteiger partial charge in [0.15, 0.2) is 0 Å². The lowest BCUT2D eigenvalue weighted by molar-refractivity contribution is 0.104. The summed E-state index contributed by atoms with van der Waals surface area (Å²) in [7, 11) is 1.44. The molecule has 0 unspecified atom stereocenters. The molecular weight excluding hydrogens is 137 g/mol. The zero-order valence-corrected chi connectivity index (χ0v) is 5.82. The predicted molar refractivity (Wildman–Crippen MR) is 33.5 cm³/mol. The zero-order valence-electron chi connectivity index (χ0n) is 5.82. The second-order valence-electron chi connectivity index (χ2n) is 2.48. The number of alkyl halides is 1. The van der Waals surface area contributed by atoms with Gasteiger partial charge in [-0.05, 0) is 12.8 Å². The Morgan fingerprint density at radius 3 is 2.80 bits per heavy atom. The second kappa shape index (κ2) is 2.44. The Kier molecular flexibility index (Phi) is 1.78. The molecule has 1 rings (SSSR count). The van der Waals surface area contributed by atoms with E-state index < -0.39 is 11.8 Å². The summed E-state index contributed by atoms with van der Waals surface area (Å²) in [5.41, 5.74) is -1.20. The van der Waals surface area contributed by atoms with Crippen LogP contribution in [0.1, 0.15) is 12.8 Å². The molecule has 1 aliphatic rings. The van der Waals surface area contributed by atoms with E-state index in [0.717, 1.165) is 0 Å². The van der Waals surface area contributed by atoms with E-state index in [4.69, 9.17) is 0 Å². The van der Waals surface area contributed by atoms with Gasteiger partial charge in [-0.15, -0.1) is 0 Å². The number of rotatable bonds is 2. The van der Waals surface area contributed by atoms with Crippen molar-refractivity contribution in [1.82, 2.24) is 5.32 Å². The molecule has 4 heteroatoms. The Hall–Kier alpha value is -0.800. The van der Waals surface area contributed by atoms with Gasteiger partial charge in [0.25, 0.3) is 0 Å². The number of ether oxygens (including phenoxy) is 1. The van der Waals surface area contributed by atoms with E-state index in [0.29, 0.717) is 12.8 Å². The van der Waals surface area contributed by atoms with Crippen LogP contribution < -0.4 is 5.32 Å². The van der Waals surface area contributed by atoms with Crippen molar-refractivity contribution in [3.8, 4) is 0 Å². The maximum atomic E-state index is 12.7. The van der Waals surface area contributed by atoms with Gasteiger partial charge < -0.3 is 10.1 Å². The van der Waals surface area contributed by atoms with Gasteiger partial charge in [-0.1, -0.05) is 0 Å². The van der Waals surface area contributed by atoms with E-state index in [1.54, 1.807) is 0 Å². The molecular formula is C6H10FNO2. The third-order valence-electron chi connectivity index (χ3n) is 1.46. The molecule has 58 valence electrons. The Morgan fingerprint density at radius 1 is 1.80 bits per heavy atom. The van der Waals surface area contributed by atoms with E-state index >= 15 is 0 Å². The maximum absolute atomic E-state index is 12.7. The lowest BCUT2D eigenvalue weighted by atomic mass is 10.4. The SMILES string of the molecule is CNC(=O)OCC1(F)CC1. The van der Waals surface area contributed by atoms with Crippen molar-refractivity contribution < 1.29 is 13.9 Å². The normalized spacial score (nSPS) is 19.8. The molecule has 1 fully saturated rings. The lowest BCUT2D eigenvalue weighted by Gasteiger charge is -2.05. The second-order valence-corrected chi connectivity index (χ2v) is 2.48. The summed E-state index contributed by atoms with van der Waals surface area (Å²) >= 11 is 0. The molecule has 1 N–H and O–H groups in total. The van der Waals surface area contributed by atoms with Crippen molar-refractivity contribution in [2.45, 2.75) is 18.5 Å². The molecule has 0 aliphatic heterocycles. The van der Waals surface area contributed by atoms with Crippen molar-refractivity contribution in [2.75, 3.05) is 13.7 Å². The molecule has 1 aliphatic carbocycles. The monoisotopic (exact) mass is 147 g/mol. The van der Waals surface area contributed by atoms with Crippen molar-refractivity contribution in [2.24, 2.45) is 0 Å². The highest BCUT2D eigenvalue weighted by Gasteiger charge is 2.44. The molecule has 0 heterocycles. The summed E-state index contributed by atoms with van der Waals surface area (Å²) in [4.78, 5) is 10.4. The summed E-state index contributed by atoms with van der Waals surface area (Å²) in [6.45, 7) is -0.104. The Balaban J connectivity index is 2.10. The van der Waals surface area contributed by atoms with Crippen LogP contribution in [0.4, 0.5) is 9.18 Å².